The summed E-state index contributed by atoms with van der Waals surface area (Å²) in [6.45, 7) is 0.370. The smallest absolute Gasteiger partial charge is 0.251 e. The summed E-state index contributed by atoms with van der Waals surface area (Å²) in [4.78, 5) is 11.4. The second-order valence-corrected chi connectivity index (χ2v) is 3.90. The molecule has 5 heteroatoms. The third-order valence-corrected chi connectivity index (χ3v) is 2.15. The van der Waals surface area contributed by atoms with Crippen LogP contribution in [-0.2, 0) is 0 Å². The number of carbonyl (C=O) groups excluding carboxylic acids is 1. The van der Waals surface area contributed by atoms with Gasteiger partial charge in [-0.15, -0.1) is 11.6 Å². The lowest BCUT2D eigenvalue weighted by atomic mass is 10.2. The maximum Gasteiger partial charge on any atom is 0.251 e. The van der Waals surface area contributed by atoms with Crippen LogP contribution in [0.15, 0.2) is 22.7 Å². The molecule has 1 rings (SSSR count). The standard InChI is InChI=1S/C9H8BrClFNO/c10-7-3-6(4-8(12)5-7)9(14)13-2-1-11/h3-5H,1-2H2,(H,13,14). The number of benzene rings is 1. The van der Waals surface area contributed by atoms with Gasteiger partial charge in [-0.2, -0.15) is 0 Å². The first kappa shape index (κ1) is 11.5. The number of halogens is 3. The van der Waals surface area contributed by atoms with E-state index < -0.39 is 5.82 Å². The van der Waals surface area contributed by atoms with Gasteiger partial charge in [0.25, 0.3) is 5.91 Å². The summed E-state index contributed by atoms with van der Waals surface area (Å²) >= 11 is 8.50. The minimum absolute atomic E-state index is 0.280. The fourth-order valence-corrected chi connectivity index (χ4v) is 1.51. The quantitative estimate of drug-likeness (QED) is 0.847. The van der Waals surface area contributed by atoms with Gasteiger partial charge in [-0.05, 0) is 18.2 Å². The van der Waals surface area contributed by atoms with Crippen molar-refractivity contribution in [2.24, 2.45) is 0 Å². The fourth-order valence-electron chi connectivity index (χ4n) is 0.948. The number of rotatable bonds is 3. The van der Waals surface area contributed by atoms with Crippen LogP contribution in [-0.4, -0.2) is 18.3 Å². The molecule has 1 aromatic rings. The highest BCUT2D eigenvalue weighted by molar-refractivity contribution is 9.10. The van der Waals surface area contributed by atoms with Gasteiger partial charge in [0.1, 0.15) is 5.82 Å². The maximum absolute atomic E-state index is 12.9. The molecule has 0 saturated carbocycles. The minimum Gasteiger partial charge on any atom is -0.351 e. The van der Waals surface area contributed by atoms with E-state index in [1.807, 2.05) is 0 Å². The molecule has 0 fully saturated rings. The molecule has 0 unspecified atom stereocenters. The van der Waals surface area contributed by atoms with E-state index >= 15 is 0 Å². The van der Waals surface area contributed by atoms with Crippen LogP contribution in [0.25, 0.3) is 0 Å². The molecule has 0 radical (unpaired) electrons. The summed E-state index contributed by atoms with van der Waals surface area (Å²) < 4.78 is 13.4. The van der Waals surface area contributed by atoms with Crippen molar-refractivity contribution in [2.75, 3.05) is 12.4 Å². The molecular weight excluding hydrogens is 272 g/mol. The first-order valence-corrected chi connectivity index (χ1v) is 5.26. The Hall–Kier alpha value is -0.610. The largest absolute Gasteiger partial charge is 0.351 e. The van der Waals surface area contributed by atoms with E-state index in [1.54, 1.807) is 6.07 Å². The SMILES string of the molecule is O=C(NCCCl)c1cc(F)cc(Br)c1. The molecule has 0 heterocycles. The Labute approximate surface area is 94.6 Å². The molecule has 0 saturated heterocycles. The van der Waals surface area contributed by atoms with Gasteiger partial charge < -0.3 is 5.32 Å². The lowest BCUT2D eigenvalue weighted by molar-refractivity contribution is 0.0955. The first-order valence-electron chi connectivity index (χ1n) is 3.93. The van der Waals surface area contributed by atoms with Gasteiger partial charge in [-0.1, -0.05) is 15.9 Å². The Morgan fingerprint density at radius 3 is 2.79 bits per heavy atom. The van der Waals surface area contributed by atoms with Crippen LogP contribution in [0, 0.1) is 5.82 Å². The highest BCUT2D eigenvalue weighted by atomic mass is 79.9. The molecule has 0 spiro atoms. The molecule has 0 aromatic heterocycles. The summed E-state index contributed by atoms with van der Waals surface area (Å²) in [5, 5.41) is 2.54. The van der Waals surface area contributed by atoms with Gasteiger partial charge in [-0.25, -0.2) is 4.39 Å². The van der Waals surface area contributed by atoms with E-state index in [0.717, 1.165) is 0 Å². The van der Waals surface area contributed by atoms with E-state index in [1.165, 1.54) is 12.1 Å². The predicted octanol–water partition coefficient (Wildman–Crippen LogP) is 2.56. The molecule has 1 amide bonds. The van der Waals surface area contributed by atoms with Gasteiger partial charge in [0, 0.05) is 22.5 Å². The lowest BCUT2D eigenvalue weighted by Gasteiger charge is -2.03. The molecule has 0 atom stereocenters. The molecule has 0 bridgehead atoms. The van der Waals surface area contributed by atoms with Crippen molar-refractivity contribution in [3.8, 4) is 0 Å². The zero-order chi connectivity index (χ0) is 10.6. The summed E-state index contributed by atoms with van der Waals surface area (Å²) in [6, 6.07) is 4.01. The molecule has 0 aliphatic heterocycles. The molecule has 0 aliphatic carbocycles. The van der Waals surface area contributed by atoms with Crippen LogP contribution in [0.1, 0.15) is 10.4 Å². The fraction of sp³-hybridized carbons (Fsp3) is 0.222. The molecule has 1 aromatic carbocycles. The van der Waals surface area contributed by atoms with Crippen molar-refractivity contribution in [3.63, 3.8) is 0 Å². The van der Waals surface area contributed by atoms with Crippen molar-refractivity contribution in [1.29, 1.82) is 0 Å². The topological polar surface area (TPSA) is 29.1 Å². The Morgan fingerprint density at radius 2 is 2.21 bits per heavy atom. The minimum atomic E-state index is -0.449. The summed E-state index contributed by atoms with van der Waals surface area (Å²) in [5.41, 5.74) is 0.280. The third kappa shape index (κ3) is 3.27. The van der Waals surface area contributed by atoms with Gasteiger partial charge in [0.2, 0.25) is 0 Å². The van der Waals surface area contributed by atoms with Crippen LogP contribution in [0.4, 0.5) is 4.39 Å². The molecule has 1 N–H and O–H groups in total. The van der Waals surface area contributed by atoms with Crippen molar-refractivity contribution in [1.82, 2.24) is 5.32 Å². The van der Waals surface area contributed by atoms with Crippen molar-refractivity contribution in [2.45, 2.75) is 0 Å². The van der Waals surface area contributed by atoms with E-state index in [0.29, 0.717) is 16.9 Å². The normalized spacial score (nSPS) is 9.93. The number of hydrogen-bond donors (Lipinski definition) is 1. The van der Waals surface area contributed by atoms with Crippen molar-refractivity contribution < 1.29 is 9.18 Å². The van der Waals surface area contributed by atoms with Gasteiger partial charge in [0.15, 0.2) is 0 Å². The Kier molecular flexibility index (Phi) is 4.35. The number of hydrogen-bond acceptors (Lipinski definition) is 1. The second kappa shape index (κ2) is 5.32. The van der Waals surface area contributed by atoms with Crippen LogP contribution >= 0.6 is 27.5 Å². The maximum atomic E-state index is 12.9. The first-order chi connectivity index (χ1) is 6.63. The number of carbonyl (C=O) groups is 1. The molecule has 0 aliphatic rings. The summed E-state index contributed by atoms with van der Waals surface area (Å²) in [6.07, 6.45) is 0. The highest BCUT2D eigenvalue weighted by Gasteiger charge is 2.06. The van der Waals surface area contributed by atoms with E-state index in [-0.39, 0.29) is 11.5 Å². The predicted molar refractivity (Wildman–Crippen MR) is 57.2 cm³/mol. The lowest BCUT2D eigenvalue weighted by Crippen LogP contribution is -2.25. The molecule has 76 valence electrons. The third-order valence-electron chi connectivity index (χ3n) is 1.50. The number of nitrogens with one attached hydrogen (secondary N) is 1. The summed E-state index contributed by atoms with van der Waals surface area (Å²) in [5.74, 6) is -0.441. The average molecular weight is 281 g/mol. The Morgan fingerprint density at radius 1 is 1.50 bits per heavy atom. The van der Waals surface area contributed by atoms with E-state index in [4.69, 9.17) is 11.6 Å². The zero-order valence-electron chi connectivity index (χ0n) is 7.19. The van der Waals surface area contributed by atoms with E-state index in [9.17, 15) is 9.18 Å². The van der Waals surface area contributed by atoms with Gasteiger partial charge in [-0.3, -0.25) is 4.79 Å². The van der Waals surface area contributed by atoms with Crippen LogP contribution in [0.2, 0.25) is 0 Å². The Bertz CT molecular complexity index is 325. The number of alkyl halides is 1. The highest BCUT2D eigenvalue weighted by Crippen LogP contribution is 2.14. The second-order valence-electron chi connectivity index (χ2n) is 2.60. The van der Waals surface area contributed by atoms with Gasteiger partial charge >= 0.3 is 0 Å². The van der Waals surface area contributed by atoms with Gasteiger partial charge in [0.05, 0.1) is 0 Å². The Balaban J connectivity index is 2.79. The zero-order valence-corrected chi connectivity index (χ0v) is 9.53. The molecule has 2 nitrogen and oxygen atoms in total. The average Bonchev–Trinajstić information content (AvgIpc) is 2.12. The van der Waals surface area contributed by atoms with Crippen LogP contribution < -0.4 is 5.32 Å². The monoisotopic (exact) mass is 279 g/mol. The van der Waals surface area contributed by atoms with E-state index in [2.05, 4.69) is 21.2 Å². The molecule has 14 heavy (non-hydrogen) atoms. The van der Waals surface area contributed by atoms with Crippen LogP contribution in [0.5, 0.6) is 0 Å². The van der Waals surface area contributed by atoms with Crippen molar-refractivity contribution >= 4 is 33.4 Å². The van der Waals surface area contributed by atoms with Crippen LogP contribution in [0.3, 0.4) is 0 Å². The molecular formula is C9H8BrClFNO. The summed E-state index contributed by atoms with van der Waals surface area (Å²) in [7, 11) is 0. The van der Waals surface area contributed by atoms with Crippen molar-refractivity contribution in [3.05, 3.63) is 34.1 Å². The number of amides is 1.